The molecule has 9 heteroatoms. The third-order valence-electron chi connectivity index (χ3n) is 5.12. The van der Waals surface area contributed by atoms with Gasteiger partial charge in [-0.1, -0.05) is 30.3 Å². The van der Waals surface area contributed by atoms with Crippen LogP contribution >= 0.6 is 0 Å². The van der Waals surface area contributed by atoms with Gasteiger partial charge in [0.05, 0.1) is 17.1 Å². The average molecular weight is 424 g/mol. The molecule has 0 bridgehead atoms. The molecule has 0 radical (unpaired) electrons. The molecule has 2 aromatic carbocycles. The van der Waals surface area contributed by atoms with Gasteiger partial charge in [0.15, 0.2) is 11.6 Å². The summed E-state index contributed by atoms with van der Waals surface area (Å²) in [4.78, 5) is 24.2. The highest BCUT2D eigenvalue weighted by Crippen LogP contribution is 2.32. The van der Waals surface area contributed by atoms with E-state index in [1.807, 2.05) is 0 Å². The molecule has 0 saturated carbocycles. The molecule has 0 atom stereocenters. The highest BCUT2D eigenvalue weighted by atomic mass is 32.2. The fourth-order valence-corrected chi connectivity index (χ4v) is 5.01. The largest absolute Gasteiger partial charge is 0.305 e. The number of amides is 1. The first-order chi connectivity index (χ1) is 14.3. The summed E-state index contributed by atoms with van der Waals surface area (Å²) in [5.74, 6) is -0.172. The number of ketones is 1. The van der Waals surface area contributed by atoms with E-state index in [4.69, 9.17) is 0 Å². The van der Waals surface area contributed by atoms with Crippen molar-refractivity contribution in [2.45, 2.75) is 31.8 Å². The summed E-state index contributed by atoms with van der Waals surface area (Å²) in [6.45, 7) is 3.48. The first kappa shape index (κ1) is 20.0. The SMILES string of the molecule is CC(=O)c1ccc(C(=O)Nc2n[nH]c3c2CN(S(=O)(=O)c2ccccc2C)C3)cc1. The number of nitrogens with one attached hydrogen (secondary N) is 2. The predicted octanol–water partition coefficient (Wildman–Crippen LogP) is 2.88. The number of benzene rings is 2. The number of carbonyl (C=O) groups is 2. The maximum atomic E-state index is 13.0. The number of sulfonamides is 1. The van der Waals surface area contributed by atoms with Crippen LogP contribution in [-0.2, 0) is 23.1 Å². The van der Waals surface area contributed by atoms with E-state index in [1.54, 1.807) is 55.5 Å². The smallest absolute Gasteiger partial charge is 0.256 e. The molecule has 0 unspecified atom stereocenters. The number of carbonyl (C=O) groups excluding carboxylic acids is 2. The molecular weight excluding hydrogens is 404 g/mol. The van der Waals surface area contributed by atoms with Gasteiger partial charge in [-0.05, 0) is 37.6 Å². The Balaban J connectivity index is 1.53. The number of hydrogen-bond acceptors (Lipinski definition) is 5. The van der Waals surface area contributed by atoms with Crippen molar-refractivity contribution in [3.05, 3.63) is 76.5 Å². The van der Waals surface area contributed by atoms with E-state index in [-0.39, 0.29) is 29.7 Å². The molecule has 0 fully saturated rings. The van der Waals surface area contributed by atoms with E-state index in [0.717, 1.165) is 0 Å². The number of rotatable bonds is 5. The molecule has 1 aliphatic heterocycles. The van der Waals surface area contributed by atoms with Gasteiger partial charge in [-0.3, -0.25) is 14.7 Å². The average Bonchev–Trinajstić information content (AvgIpc) is 3.31. The molecule has 30 heavy (non-hydrogen) atoms. The quantitative estimate of drug-likeness (QED) is 0.612. The number of H-pyrrole nitrogens is 1. The van der Waals surface area contributed by atoms with Crippen LogP contribution in [0.15, 0.2) is 53.4 Å². The second kappa shape index (κ2) is 7.51. The van der Waals surface area contributed by atoms with Crippen molar-refractivity contribution in [2.24, 2.45) is 0 Å². The van der Waals surface area contributed by atoms with Gasteiger partial charge in [0.2, 0.25) is 10.0 Å². The predicted molar refractivity (Wildman–Crippen MR) is 111 cm³/mol. The van der Waals surface area contributed by atoms with Crippen molar-refractivity contribution in [2.75, 3.05) is 5.32 Å². The zero-order chi connectivity index (χ0) is 21.5. The van der Waals surface area contributed by atoms with E-state index >= 15 is 0 Å². The van der Waals surface area contributed by atoms with Crippen molar-refractivity contribution in [1.82, 2.24) is 14.5 Å². The Kier molecular flexibility index (Phi) is 5.00. The van der Waals surface area contributed by atoms with Crippen LogP contribution in [0.1, 0.15) is 44.5 Å². The molecule has 2 heterocycles. The number of anilines is 1. The summed E-state index contributed by atoms with van der Waals surface area (Å²) < 4.78 is 27.4. The molecule has 4 rings (SSSR count). The molecule has 1 aliphatic rings. The van der Waals surface area contributed by atoms with Gasteiger partial charge >= 0.3 is 0 Å². The lowest BCUT2D eigenvalue weighted by Crippen LogP contribution is -2.27. The lowest BCUT2D eigenvalue weighted by atomic mass is 10.1. The Hall–Kier alpha value is -3.30. The second-order valence-corrected chi connectivity index (χ2v) is 9.06. The Labute approximate surface area is 174 Å². The van der Waals surface area contributed by atoms with Crippen LogP contribution in [0, 0.1) is 6.92 Å². The Morgan fingerprint density at radius 2 is 1.70 bits per heavy atom. The third-order valence-corrected chi connectivity index (χ3v) is 7.07. The van der Waals surface area contributed by atoms with Crippen LogP contribution in [0.25, 0.3) is 0 Å². The van der Waals surface area contributed by atoms with Gasteiger partial charge in [-0.2, -0.15) is 9.40 Å². The van der Waals surface area contributed by atoms with Gasteiger partial charge in [0.25, 0.3) is 5.91 Å². The van der Waals surface area contributed by atoms with Crippen molar-refractivity contribution in [1.29, 1.82) is 0 Å². The Morgan fingerprint density at radius 3 is 2.37 bits per heavy atom. The summed E-state index contributed by atoms with van der Waals surface area (Å²) >= 11 is 0. The molecule has 3 aromatic rings. The van der Waals surface area contributed by atoms with Crippen molar-refractivity contribution in [3.8, 4) is 0 Å². The molecule has 1 amide bonds. The summed E-state index contributed by atoms with van der Waals surface area (Å²) in [6, 6.07) is 13.1. The summed E-state index contributed by atoms with van der Waals surface area (Å²) in [5.41, 5.74) is 2.85. The molecule has 8 nitrogen and oxygen atoms in total. The lowest BCUT2D eigenvalue weighted by molar-refractivity contribution is 0.100. The van der Waals surface area contributed by atoms with Gasteiger partial charge in [0, 0.05) is 23.2 Å². The van der Waals surface area contributed by atoms with Gasteiger partial charge in [0.1, 0.15) is 0 Å². The Morgan fingerprint density at radius 1 is 1.03 bits per heavy atom. The van der Waals surface area contributed by atoms with Crippen LogP contribution in [0.3, 0.4) is 0 Å². The van der Waals surface area contributed by atoms with Crippen molar-refractivity contribution < 1.29 is 18.0 Å². The summed E-state index contributed by atoms with van der Waals surface area (Å²) in [6.07, 6.45) is 0. The molecule has 1 aromatic heterocycles. The number of fused-ring (bicyclic) bond motifs is 1. The molecule has 0 saturated heterocycles. The monoisotopic (exact) mass is 424 g/mol. The Bertz CT molecular complexity index is 1250. The fourth-order valence-electron chi connectivity index (χ4n) is 3.41. The fraction of sp³-hybridized carbons (Fsp3) is 0.190. The number of Topliss-reactive ketones (excluding diaryl/α,β-unsaturated/α-hetero) is 1. The topological polar surface area (TPSA) is 112 Å². The van der Waals surface area contributed by atoms with E-state index in [2.05, 4.69) is 15.5 Å². The molecule has 2 N–H and O–H groups in total. The van der Waals surface area contributed by atoms with E-state index < -0.39 is 10.0 Å². The minimum absolute atomic E-state index is 0.0815. The van der Waals surface area contributed by atoms with Crippen LogP contribution in [0.2, 0.25) is 0 Å². The maximum absolute atomic E-state index is 13.0. The number of aromatic nitrogens is 2. The van der Waals surface area contributed by atoms with Crippen LogP contribution in [0.5, 0.6) is 0 Å². The standard InChI is InChI=1S/C21H20N4O4S/c1-13-5-3-4-6-19(13)30(28,29)25-11-17-18(12-25)23-24-20(17)22-21(27)16-9-7-15(8-10-16)14(2)26/h3-10H,11-12H2,1-2H3,(H2,22,23,24,27). The molecule has 154 valence electrons. The number of hydrogen-bond donors (Lipinski definition) is 2. The highest BCUT2D eigenvalue weighted by Gasteiger charge is 2.34. The number of aryl methyl sites for hydroxylation is 1. The van der Waals surface area contributed by atoms with Crippen LogP contribution < -0.4 is 5.32 Å². The second-order valence-electron chi connectivity index (χ2n) is 7.16. The van der Waals surface area contributed by atoms with E-state index in [1.165, 1.54) is 11.2 Å². The minimum atomic E-state index is -3.68. The summed E-state index contributed by atoms with van der Waals surface area (Å²) in [5, 5.41) is 9.67. The maximum Gasteiger partial charge on any atom is 0.256 e. The normalized spacial score (nSPS) is 13.8. The highest BCUT2D eigenvalue weighted by molar-refractivity contribution is 7.89. The molecule has 0 spiro atoms. The minimum Gasteiger partial charge on any atom is -0.305 e. The zero-order valence-electron chi connectivity index (χ0n) is 16.5. The molecular formula is C21H20N4O4S. The van der Waals surface area contributed by atoms with Gasteiger partial charge in [-0.15, -0.1) is 0 Å². The van der Waals surface area contributed by atoms with E-state index in [9.17, 15) is 18.0 Å². The van der Waals surface area contributed by atoms with Crippen LogP contribution in [0.4, 0.5) is 5.82 Å². The first-order valence-electron chi connectivity index (χ1n) is 9.31. The van der Waals surface area contributed by atoms with Gasteiger partial charge in [-0.25, -0.2) is 8.42 Å². The van der Waals surface area contributed by atoms with Crippen molar-refractivity contribution >= 4 is 27.5 Å². The third kappa shape index (κ3) is 3.53. The lowest BCUT2D eigenvalue weighted by Gasteiger charge is -2.17. The number of nitrogens with zero attached hydrogens (tertiary/aromatic N) is 2. The number of aromatic amines is 1. The summed E-state index contributed by atoms with van der Waals surface area (Å²) in [7, 11) is -3.68. The van der Waals surface area contributed by atoms with Crippen LogP contribution in [-0.4, -0.2) is 34.6 Å². The van der Waals surface area contributed by atoms with Gasteiger partial charge < -0.3 is 5.32 Å². The first-order valence-corrected chi connectivity index (χ1v) is 10.8. The molecule has 0 aliphatic carbocycles. The van der Waals surface area contributed by atoms with Crippen molar-refractivity contribution in [3.63, 3.8) is 0 Å². The van der Waals surface area contributed by atoms with E-state index in [0.29, 0.717) is 33.8 Å². The zero-order valence-corrected chi connectivity index (χ0v) is 17.3.